The zero-order valence-corrected chi connectivity index (χ0v) is 11.1. The summed E-state index contributed by atoms with van der Waals surface area (Å²) >= 11 is 0. The summed E-state index contributed by atoms with van der Waals surface area (Å²) in [6.07, 6.45) is 8.36. The molecule has 0 radical (unpaired) electrons. The highest BCUT2D eigenvalue weighted by Crippen LogP contribution is 2.06. The summed E-state index contributed by atoms with van der Waals surface area (Å²) in [6, 6.07) is -0.227. The minimum absolute atomic E-state index is 0.0459. The van der Waals surface area contributed by atoms with E-state index < -0.39 is 0 Å². The van der Waals surface area contributed by atoms with Crippen molar-refractivity contribution in [2.75, 3.05) is 6.54 Å². The number of unbranched alkanes of at least 4 members (excludes halogenated alkanes) is 3. The lowest BCUT2D eigenvalue weighted by Gasteiger charge is -2.12. The molecule has 4 nitrogen and oxygen atoms in total. The second-order valence-electron chi connectivity index (χ2n) is 4.53. The Bertz CT molecular complexity index is 346. The first-order valence-corrected chi connectivity index (χ1v) is 6.43. The zero-order chi connectivity index (χ0) is 12.7. The maximum atomic E-state index is 11.8. The number of carbonyl (C=O) groups excluding carboxylic acids is 1. The van der Waals surface area contributed by atoms with E-state index in [9.17, 15) is 4.79 Å². The Balaban J connectivity index is 2.28. The molecule has 0 saturated heterocycles. The first kappa shape index (κ1) is 13.7. The fourth-order valence-corrected chi connectivity index (χ4v) is 1.68. The van der Waals surface area contributed by atoms with Crippen LogP contribution >= 0.6 is 0 Å². The molecule has 0 aliphatic heterocycles. The number of nitrogens with one attached hydrogen (secondary N) is 1. The van der Waals surface area contributed by atoms with Crippen molar-refractivity contribution in [1.82, 2.24) is 15.1 Å². The number of aryl methyl sites for hydroxylation is 1. The van der Waals surface area contributed by atoms with Gasteiger partial charge in [0.25, 0.3) is 0 Å². The van der Waals surface area contributed by atoms with E-state index in [1.54, 1.807) is 10.9 Å². The van der Waals surface area contributed by atoms with Gasteiger partial charge in [-0.1, -0.05) is 26.2 Å². The smallest absolute Gasteiger partial charge is 0.244 e. The van der Waals surface area contributed by atoms with E-state index in [2.05, 4.69) is 17.3 Å². The Kier molecular flexibility index (Phi) is 5.73. The number of nitrogens with zero attached hydrogens (tertiary/aromatic N) is 2. The predicted octanol–water partition coefficient (Wildman–Crippen LogP) is 2.45. The van der Waals surface area contributed by atoms with E-state index in [0.29, 0.717) is 0 Å². The number of carbonyl (C=O) groups is 1. The van der Waals surface area contributed by atoms with Crippen molar-refractivity contribution >= 4 is 5.91 Å². The van der Waals surface area contributed by atoms with Crippen molar-refractivity contribution < 1.29 is 4.79 Å². The van der Waals surface area contributed by atoms with Crippen LogP contribution in [0, 0.1) is 6.92 Å². The molecule has 0 bridgehead atoms. The lowest BCUT2D eigenvalue weighted by Crippen LogP contribution is -2.31. The Morgan fingerprint density at radius 3 is 2.82 bits per heavy atom. The van der Waals surface area contributed by atoms with Crippen LogP contribution in [0.2, 0.25) is 0 Å². The van der Waals surface area contributed by atoms with Crippen LogP contribution in [-0.4, -0.2) is 22.2 Å². The molecule has 0 aliphatic rings. The monoisotopic (exact) mass is 237 g/mol. The molecule has 0 spiro atoms. The number of hydrogen-bond acceptors (Lipinski definition) is 2. The summed E-state index contributed by atoms with van der Waals surface area (Å²) in [6.45, 7) is 6.79. The molecule has 0 saturated carbocycles. The molecule has 1 unspecified atom stereocenters. The van der Waals surface area contributed by atoms with E-state index in [1.165, 1.54) is 19.3 Å². The molecule has 1 atom stereocenters. The molecule has 96 valence electrons. The molecule has 4 heteroatoms. The predicted molar refractivity (Wildman–Crippen MR) is 68.8 cm³/mol. The van der Waals surface area contributed by atoms with Crippen molar-refractivity contribution in [2.45, 2.75) is 52.5 Å². The maximum Gasteiger partial charge on any atom is 0.244 e. The van der Waals surface area contributed by atoms with E-state index in [0.717, 1.165) is 18.5 Å². The first-order valence-electron chi connectivity index (χ1n) is 6.43. The van der Waals surface area contributed by atoms with Crippen molar-refractivity contribution in [1.29, 1.82) is 0 Å². The third-order valence-corrected chi connectivity index (χ3v) is 2.84. The quantitative estimate of drug-likeness (QED) is 0.740. The van der Waals surface area contributed by atoms with Gasteiger partial charge in [-0.15, -0.1) is 0 Å². The number of rotatable bonds is 7. The second-order valence-corrected chi connectivity index (χ2v) is 4.53. The average Bonchev–Trinajstić information content (AvgIpc) is 2.74. The Morgan fingerprint density at radius 1 is 1.47 bits per heavy atom. The van der Waals surface area contributed by atoms with E-state index >= 15 is 0 Å². The summed E-state index contributed by atoms with van der Waals surface area (Å²) in [5.74, 6) is 0.0459. The van der Waals surface area contributed by atoms with Crippen LogP contribution in [0.3, 0.4) is 0 Å². The van der Waals surface area contributed by atoms with Gasteiger partial charge in [0.2, 0.25) is 5.91 Å². The van der Waals surface area contributed by atoms with Gasteiger partial charge in [-0.05, 0) is 25.8 Å². The van der Waals surface area contributed by atoms with Crippen LogP contribution in [0.4, 0.5) is 0 Å². The fourth-order valence-electron chi connectivity index (χ4n) is 1.68. The normalized spacial score (nSPS) is 12.4. The highest BCUT2D eigenvalue weighted by Gasteiger charge is 2.14. The average molecular weight is 237 g/mol. The lowest BCUT2D eigenvalue weighted by molar-refractivity contribution is -0.124. The number of hydrogen-bond donors (Lipinski definition) is 1. The summed E-state index contributed by atoms with van der Waals surface area (Å²) in [7, 11) is 0. The highest BCUT2D eigenvalue weighted by molar-refractivity contribution is 5.79. The van der Waals surface area contributed by atoms with Crippen LogP contribution < -0.4 is 5.32 Å². The Labute approximate surface area is 103 Å². The molecule has 1 amide bonds. The van der Waals surface area contributed by atoms with Crippen LogP contribution in [0.5, 0.6) is 0 Å². The van der Waals surface area contributed by atoms with Crippen molar-refractivity contribution in [3.05, 3.63) is 18.0 Å². The summed E-state index contributed by atoms with van der Waals surface area (Å²) in [5, 5.41) is 7.10. The third kappa shape index (κ3) is 4.59. The van der Waals surface area contributed by atoms with Crippen molar-refractivity contribution in [3.63, 3.8) is 0 Å². The molecular weight excluding hydrogens is 214 g/mol. The minimum atomic E-state index is -0.227. The fraction of sp³-hybridized carbons (Fsp3) is 0.692. The van der Waals surface area contributed by atoms with Gasteiger partial charge in [0.15, 0.2) is 0 Å². The van der Waals surface area contributed by atoms with Crippen LogP contribution in [-0.2, 0) is 4.79 Å². The van der Waals surface area contributed by atoms with E-state index in [-0.39, 0.29) is 11.9 Å². The molecular formula is C13H23N3O. The van der Waals surface area contributed by atoms with Gasteiger partial charge in [0.05, 0.1) is 6.20 Å². The van der Waals surface area contributed by atoms with Gasteiger partial charge >= 0.3 is 0 Å². The zero-order valence-electron chi connectivity index (χ0n) is 11.1. The highest BCUT2D eigenvalue weighted by atomic mass is 16.2. The maximum absolute atomic E-state index is 11.8. The van der Waals surface area contributed by atoms with Crippen LogP contribution in [0.15, 0.2) is 12.4 Å². The van der Waals surface area contributed by atoms with Gasteiger partial charge < -0.3 is 5.32 Å². The summed E-state index contributed by atoms with van der Waals surface area (Å²) < 4.78 is 1.71. The second kappa shape index (κ2) is 7.09. The molecule has 1 heterocycles. The minimum Gasteiger partial charge on any atom is -0.354 e. The topological polar surface area (TPSA) is 46.9 Å². The first-order chi connectivity index (χ1) is 8.15. The van der Waals surface area contributed by atoms with E-state index in [1.807, 2.05) is 20.0 Å². The Morgan fingerprint density at radius 2 is 2.24 bits per heavy atom. The molecule has 0 aliphatic carbocycles. The van der Waals surface area contributed by atoms with Crippen molar-refractivity contribution in [3.8, 4) is 0 Å². The van der Waals surface area contributed by atoms with Crippen molar-refractivity contribution in [2.24, 2.45) is 0 Å². The van der Waals surface area contributed by atoms with Gasteiger partial charge in [-0.2, -0.15) is 5.10 Å². The summed E-state index contributed by atoms with van der Waals surface area (Å²) in [4.78, 5) is 11.8. The SMILES string of the molecule is CCCCCCNC(=O)C(C)n1cc(C)cn1. The third-order valence-electron chi connectivity index (χ3n) is 2.84. The number of aromatic nitrogens is 2. The van der Waals surface area contributed by atoms with Gasteiger partial charge in [-0.25, -0.2) is 0 Å². The lowest BCUT2D eigenvalue weighted by atomic mass is 10.2. The molecule has 1 aromatic rings. The van der Waals surface area contributed by atoms with Gasteiger partial charge in [0, 0.05) is 12.7 Å². The van der Waals surface area contributed by atoms with Gasteiger partial charge in [0.1, 0.15) is 6.04 Å². The molecule has 1 rings (SSSR count). The standard InChI is InChI=1S/C13H23N3O/c1-4-5-6-7-8-14-13(17)12(3)16-10-11(2)9-15-16/h9-10,12H,4-8H2,1-3H3,(H,14,17). The number of amides is 1. The molecule has 0 aromatic carbocycles. The van der Waals surface area contributed by atoms with Crippen LogP contribution in [0.25, 0.3) is 0 Å². The molecule has 1 N–H and O–H groups in total. The molecule has 1 aromatic heterocycles. The van der Waals surface area contributed by atoms with Gasteiger partial charge in [-0.3, -0.25) is 9.48 Å². The molecule has 17 heavy (non-hydrogen) atoms. The van der Waals surface area contributed by atoms with Crippen LogP contribution in [0.1, 0.15) is 51.1 Å². The van der Waals surface area contributed by atoms with E-state index in [4.69, 9.17) is 0 Å². The molecule has 0 fully saturated rings. The Hall–Kier alpha value is -1.32. The largest absolute Gasteiger partial charge is 0.354 e. The summed E-state index contributed by atoms with van der Waals surface area (Å²) in [5.41, 5.74) is 1.08.